The fourth-order valence-electron chi connectivity index (χ4n) is 0.945. The molecule has 0 bridgehead atoms. The number of nitrogens with zero attached hydrogens (tertiary/aromatic N) is 1. The first-order valence-electron chi connectivity index (χ1n) is 4.75. The Kier molecular flexibility index (Phi) is 8.64. The van der Waals surface area contributed by atoms with Crippen LogP contribution in [0.3, 0.4) is 0 Å². The lowest BCUT2D eigenvalue weighted by Gasteiger charge is -2.17. The number of hydrogen-bond acceptors (Lipinski definition) is 3. The summed E-state index contributed by atoms with van der Waals surface area (Å²) in [5.41, 5.74) is 0. The average Bonchev–Trinajstić information content (AvgIpc) is 2.09. The first-order chi connectivity index (χ1) is 6.20. The second-order valence-electron chi connectivity index (χ2n) is 2.93. The van der Waals surface area contributed by atoms with Gasteiger partial charge in [-0.1, -0.05) is 26.7 Å². The largest absolute Gasteiger partial charge is 0.319 e. The van der Waals surface area contributed by atoms with Crippen molar-refractivity contribution in [1.29, 1.82) is 0 Å². The van der Waals surface area contributed by atoms with E-state index in [0.29, 0.717) is 0 Å². The van der Waals surface area contributed by atoms with E-state index < -0.39 is 11.4 Å². The van der Waals surface area contributed by atoms with Crippen molar-refractivity contribution in [2.45, 2.75) is 39.5 Å². The van der Waals surface area contributed by atoms with Crippen molar-refractivity contribution in [2.75, 3.05) is 13.1 Å². The molecule has 0 radical (unpaired) electrons. The topological polar surface area (TPSA) is 49.8 Å². The third-order valence-corrected chi connectivity index (χ3v) is 2.03. The Balaban J connectivity index is 3.66. The van der Waals surface area contributed by atoms with Crippen LogP contribution >= 0.6 is 0 Å². The summed E-state index contributed by atoms with van der Waals surface area (Å²) >= 11 is -2.18. The number of unbranched alkanes of at least 4 members (excludes halogenated alkanes) is 2. The second-order valence-corrected chi connectivity index (χ2v) is 3.51. The van der Waals surface area contributed by atoms with Crippen LogP contribution < -0.4 is 0 Å². The fraction of sp³-hybridized carbons (Fsp3) is 1.00. The standard InChI is InChI=1S/C8H19NO3S/c1-3-5-7-9(8-6-4-2)12-13(10)11/h3-8H2,1-2H3,(H,10,11). The van der Waals surface area contributed by atoms with Gasteiger partial charge >= 0.3 is 11.4 Å². The maximum absolute atomic E-state index is 10.4. The highest BCUT2D eigenvalue weighted by Crippen LogP contribution is 2.00. The van der Waals surface area contributed by atoms with Gasteiger partial charge in [-0.3, -0.25) is 4.55 Å². The van der Waals surface area contributed by atoms with Crippen LogP contribution in [0.1, 0.15) is 39.5 Å². The van der Waals surface area contributed by atoms with Gasteiger partial charge in [0.25, 0.3) is 0 Å². The molecule has 0 aliphatic carbocycles. The smallest absolute Gasteiger partial charge is 0.283 e. The molecule has 0 fully saturated rings. The number of hydroxylamine groups is 2. The van der Waals surface area contributed by atoms with Crippen LogP contribution in [0.15, 0.2) is 0 Å². The molecule has 0 aromatic heterocycles. The monoisotopic (exact) mass is 209 g/mol. The molecular formula is C8H19NO3S. The van der Waals surface area contributed by atoms with E-state index in [1.165, 1.54) is 0 Å². The van der Waals surface area contributed by atoms with Gasteiger partial charge in [0.05, 0.1) is 0 Å². The average molecular weight is 209 g/mol. The Morgan fingerprint density at radius 1 is 1.23 bits per heavy atom. The van der Waals surface area contributed by atoms with Gasteiger partial charge < -0.3 is 0 Å². The fourth-order valence-corrected chi connectivity index (χ4v) is 1.27. The van der Waals surface area contributed by atoms with Crippen LogP contribution in [0.2, 0.25) is 0 Å². The zero-order chi connectivity index (χ0) is 10.1. The van der Waals surface area contributed by atoms with Crippen molar-refractivity contribution in [3.63, 3.8) is 0 Å². The van der Waals surface area contributed by atoms with Crippen molar-refractivity contribution in [3.05, 3.63) is 0 Å². The van der Waals surface area contributed by atoms with Crippen LogP contribution in [0.5, 0.6) is 0 Å². The van der Waals surface area contributed by atoms with Crippen molar-refractivity contribution in [1.82, 2.24) is 5.06 Å². The number of hydrogen-bond donors (Lipinski definition) is 1. The Morgan fingerprint density at radius 3 is 2.00 bits per heavy atom. The molecule has 0 heterocycles. The molecule has 0 aliphatic rings. The van der Waals surface area contributed by atoms with Gasteiger partial charge in [-0.05, 0) is 12.8 Å². The van der Waals surface area contributed by atoms with Gasteiger partial charge in [0.2, 0.25) is 0 Å². The second kappa shape index (κ2) is 8.62. The maximum atomic E-state index is 10.4. The highest BCUT2D eigenvalue weighted by atomic mass is 32.2. The third kappa shape index (κ3) is 8.36. The lowest BCUT2D eigenvalue weighted by Crippen LogP contribution is -2.27. The zero-order valence-electron chi connectivity index (χ0n) is 8.36. The summed E-state index contributed by atoms with van der Waals surface area (Å²) in [6, 6.07) is 0. The molecule has 1 unspecified atom stereocenters. The highest BCUT2D eigenvalue weighted by Gasteiger charge is 2.07. The first-order valence-corrected chi connectivity index (χ1v) is 5.78. The van der Waals surface area contributed by atoms with E-state index >= 15 is 0 Å². The van der Waals surface area contributed by atoms with E-state index in [1.54, 1.807) is 5.06 Å². The number of rotatable bonds is 8. The van der Waals surface area contributed by atoms with E-state index in [0.717, 1.165) is 38.8 Å². The summed E-state index contributed by atoms with van der Waals surface area (Å²) in [5.74, 6) is 0. The zero-order valence-corrected chi connectivity index (χ0v) is 9.18. The molecule has 0 spiro atoms. The van der Waals surface area contributed by atoms with Crippen LogP contribution in [0.4, 0.5) is 0 Å². The third-order valence-electron chi connectivity index (χ3n) is 1.69. The molecule has 5 heteroatoms. The lowest BCUT2D eigenvalue weighted by molar-refractivity contribution is -0.0545. The normalized spacial score (nSPS) is 13.5. The Hall–Kier alpha value is 0.0300. The summed E-state index contributed by atoms with van der Waals surface area (Å²) < 4.78 is 23.6. The molecule has 1 N–H and O–H groups in total. The van der Waals surface area contributed by atoms with Gasteiger partial charge in [-0.25, -0.2) is 0 Å². The predicted molar refractivity (Wildman–Crippen MR) is 53.2 cm³/mol. The summed E-state index contributed by atoms with van der Waals surface area (Å²) in [7, 11) is 0. The van der Waals surface area contributed by atoms with Crippen LogP contribution in [0.25, 0.3) is 0 Å². The van der Waals surface area contributed by atoms with Crippen LogP contribution in [-0.2, 0) is 15.6 Å². The molecule has 0 amide bonds. The molecule has 0 aromatic carbocycles. The molecular weight excluding hydrogens is 190 g/mol. The van der Waals surface area contributed by atoms with Crippen LogP contribution in [-0.4, -0.2) is 26.9 Å². The molecule has 80 valence electrons. The van der Waals surface area contributed by atoms with E-state index in [1.807, 2.05) is 0 Å². The molecule has 13 heavy (non-hydrogen) atoms. The summed E-state index contributed by atoms with van der Waals surface area (Å²) in [5, 5.41) is 1.57. The first kappa shape index (κ1) is 13.0. The van der Waals surface area contributed by atoms with E-state index in [4.69, 9.17) is 8.84 Å². The summed E-state index contributed by atoms with van der Waals surface area (Å²) in [4.78, 5) is 0. The molecule has 1 atom stereocenters. The Morgan fingerprint density at radius 2 is 1.69 bits per heavy atom. The summed E-state index contributed by atoms with van der Waals surface area (Å²) in [6.45, 7) is 5.60. The molecule has 4 nitrogen and oxygen atoms in total. The van der Waals surface area contributed by atoms with Crippen molar-refractivity contribution in [2.24, 2.45) is 0 Å². The van der Waals surface area contributed by atoms with Gasteiger partial charge in [0, 0.05) is 13.1 Å². The SMILES string of the molecule is CCCCN(CCCC)OS(=O)O. The minimum atomic E-state index is -2.18. The van der Waals surface area contributed by atoms with Gasteiger partial charge in [0.1, 0.15) is 0 Å². The lowest BCUT2D eigenvalue weighted by atomic mass is 10.3. The highest BCUT2D eigenvalue weighted by molar-refractivity contribution is 7.74. The van der Waals surface area contributed by atoms with Gasteiger partial charge in [-0.2, -0.15) is 13.6 Å². The van der Waals surface area contributed by atoms with Crippen LogP contribution in [0, 0.1) is 0 Å². The van der Waals surface area contributed by atoms with E-state index in [9.17, 15) is 4.21 Å². The van der Waals surface area contributed by atoms with Crippen molar-refractivity contribution < 1.29 is 13.0 Å². The maximum Gasteiger partial charge on any atom is 0.319 e. The van der Waals surface area contributed by atoms with Gasteiger partial charge in [0.15, 0.2) is 0 Å². The molecule has 0 rings (SSSR count). The van der Waals surface area contributed by atoms with Crippen molar-refractivity contribution >= 4 is 11.4 Å². The molecule has 0 saturated carbocycles. The Bertz CT molecular complexity index is 135. The van der Waals surface area contributed by atoms with E-state index in [2.05, 4.69) is 13.8 Å². The summed E-state index contributed by atoms with van der Waals surface area (Å²) in [6.07, 6.45) is 4.09. The molecule has 0 saturated heterocycles. The quantitative estimate of drug-likeness (QED) is 0.490. The van der Waals surface area contributed by atoms with Crippen molar-refractivity contribution in [3.8, 4) is 0 Å². The predicted octanol–water partition coefficient (Wildman–Crippen LogP) is 1.96. The molecule has 0 aromatic rings. The minimum Gasteiger partial charge on any atom is -0.283 e. The Labute approximate surface area is 82.7 Å². The van der Waals surface area contributed by atoms with E-state index in [-0.39, 0.29) is 0 Å². The minimum absolute atomic E-state index is 0.725. The molecule has 0 aliphatic heterocycles. The van der Waals surface area contributed by atoms with Gasteiger partial charge in [-0.15, -0.1) is 0 Å².